The summed E-state index contributed by atoms with van der Waals surface area (Å²) in [5, 5.41) is 26.0. The Hall–Kier alpha value is -4.14. The highest BCUT2D eigenvalue weighted by atomic mass is 16.6. The van der Waals surface area contributed by atoms with Gasteiger partial charge in [0.15, 0.2) is 18.2 Å². The number of nitrogens with one attached hydrogen (secondary N) is 2. The van der Waals surface area contributed by atoms with Gasteiger partial charge in [-0.1, -0.05) is 12.1 Å². The van der Waals surface area contributed by atoms with Gasteiger partial charge in [0.2, 0.25) is 0 Å². The van der Waals surface area contributed by atoms with Crippen molar-refractivity contribution in [1.82, 2.24) is 10.3 Å². The van der Waals surface area contributed by atoms with E-state index in [2.05, 4.69) is 21.7 Å². The van der Waals surface area contributed by atoms with Gasteiger partial charge in [-0.2, -0.15) is 5.26 Å². The molecule has 3 aliphatic heterocycles. The average molecular weight is 503 g/mol. The molecule has 1 aliphatic carbocycles. The highest BCUT2D eigenvalue weighted by Gasteiger charge is 2.46. The van der Waals surface area contributed by atoms with E-state index in [1.165, 1.54) is 0 Å². The molecule has 1 aromatic carbocycles. The molecule has 6 rings (SSSR count). The lowest BCUT2D eigenvalue weighted by molar-refractivity contribution is -0.118. The Kier molecular flexibility index (Phi) is 5.90. The summed E-state index contributed by atoms with van der Waals surface area (Å²) in [5.41, 5.74) is 2.34. The third-order valence-corrected chi connectivity index (χ3v) is 7.27. The van der Waals surface area contributed by atoms with Crippen LogP contribution in [0.5, 0.6) is 5.75 Å². The monoisotopic (exact) mass is 502 g/mol. The SMILES string of the molecule is N#Cc1ccc2c(c1)N(CCN[C@H]1CC[C@H]3[C@H](C1)OC(=O)N3c1ccc3c(n1)NC(=O)CO3)C(O)C=C2. The standard InChI is InChI=1S/C26H26N6O5/c27-13-15-1-2-16-3-8-24(34)31(19(16)11-15)10-9-28-17-4-5-18-21(12-17)37-26(35)32(18)22-7-6-20-25(29-22)30-23(33)14-36-20/h1-3,6-8,11,17-18,21,24,28,34H,4-5,9-10,12,14H2,(H,29,30,33)/t17-,18-,21-,24?/m0/s1. The number of hydrogen-bond acceptors (Lipinski definition) is 9. The Bertz CT molecular complexity index is 1320. The molecule has 2 amide bonds. The Morgan fingerprint density at radius 1 is 1.24 bits per heavy atom. The lowest BCUT2D eigenvalue weighted by Crippen LogP contribution is -2.48. The van der Waals surface area contributed by atoms with Crippen molar-refractivity contribution in [2.24, 2.45) is 0 Å². The number of carbonyl (C=O) groups is 2. The summed E-state index contributed by atoms with van der Waals surface area (Å²) in [4.78, 5) is 32.3. The molecular formula is C26H26N6O5. The molecule has 3 N–H and O–H groups in total. The number of pyridine rings is 1. The third-order valence-electron chi connectivity index (χ3n) is 7.27. The fraction of sp³-hybridized carbons (Fsp3) is 0.385. The molecule has 4 heterocycles. The van der Waals surface area contributed by atoms with Crippen molar-refractivity contribution in [3.63, 3.8) is 0 Å². The van der Waals surface area contributed by atoms with Crippen LogP contribution in [-0.4, -0.2) is 66.2 Å². The van der Waals surface area contributed by atoms with E-state index in [-0.39, 0.29) is 30.7 Å². The summed E-state index contributed by atoms with van der Waals surface area (Å²) in [6.07, 6.45) is 4.36. The molecule has 11 heteroatoms. The van der Waals surface area contributed by atoms with Crippen LogP contribution in [0, 0.1) is 11.3 Å². The predicted octanol–water partition coefficient (Wildman–Crippen LogP) is 1.97. The molecule has 11 nitrogen and oxygen atoms in total. The van der Waals surface area contributed by atoms with Crippen LogP contribution in [0.1, 0.15) is 30.4 Å². The summed E-state index contributed by atoms with van der Waals surface area (Å²) < 4.78 is 11.1. The van der Waals surface area contributed by atoms with Gasteiger partial charge >= 0.3 is 6.09 Å². The lowest BCUT2D eigenvalue weighted by atomic mass is 9.88. The van der Waals surface area contributed by atoms with Crippen LogP contribution in [0.15, 0.2) is 36.4 Å². The predicted molar refractivity (Wildman–Crippen MR) is 134 cm³/mol. The second-order valence-corrected chi connectivity index (χ2v) is 9.53. The number of aromatic nitrogens is 1. The molecule has 0 bridgehead atoms. The second kappa shape index (κ2) is 9.38. The summed E-state index contributed by atoms with van der Waals surface area (Å²) in [5.74, 6) is 0.920. The molecular weight excluding hydrogens is 476 g/mol. The van der Waals surface area contributed by atoms with Gasteiger partial charge < -0.3 is 30.1 Å². The fourth-order valence-electron chi connectivity index (χ4n) is 5.47. The van der Waals surface area contributed by atoms with Gasteiger partial charge in [0.05, 0.1) is 17.7 Å². The molecule has 1 saturated heterocycles. The van der Waals surface area contributed by atoms with Crippen LogP contribution in [0.2, 0.25) is 0 Å². The number of amides is 2. The summed E-state index contributed by atoms with van der Waals surface area (Å²) in [7, 11) is 0. The summed E-state index contributed by atoms with van der Waals surface area (Å²) in [6.45, 7) is 1.11. The van der Waals surface area contributed by atoms with Crippen molar-refractivity contribution < 1.29 is 24.2 Å². The second-order valence-electron chi connectivity index (χ2n) is 9.53. The van der Waals surface area contributed by atoms with Crippen LogP contribution < -0.4 is 25.2 Å². The number of rotatable bonds is 5. The van der Waals surface area contributed by atoms with Crippen LogP contribution in [0.25, 0.3) is 6.08 Å². The molecule has 1 saturated carbocycles. The lowest BCUT2D eigenvalue weighted by Gasteiger charge is -2.35. The smallest absolute Gasteiger partial charge is 0.416 e. The Morgan fingerprint density at radius 2 is 2.14 bits per heavy atom. The zero-order valence-corrected chi connectivity index (χ0v) is 20.0. The number of benzene rings is 1. The van der Waals surface area contributed by atoms with Crippen LogP contribution in [-0.2, 0) is 9.53 Å². The van der Waals surface area contributed by atoms with Crippen LogP contribution in [0.4, 0.5) is 22.1 Å². The highest BCUT2D eigenvalue weighted by Crippen LogP contribution is 2.37. The maximum atomic E-state index is 12.8. The zero-order valence-electron chi connectivity index (χ0n) is 20.0. The van der Waals surface area contributed by atoms with E-state index < -0.39 is 12.3 Å². The number of fused-ring (bicyclic) bond motifs is 3. The first-order valence-corrected chi connectivity index (χ1v) is 12.3. The van der Waals surface area contributed by atoms with Gasteiger partial charge in [-0.25, -0.2) is 9.78 Å². The number of aliphatic hydroxyl groups excluding tert-OH is 1. The molecule has 37 heavy (non-hydrogen) atoms. The van der Waals surface area contributed by atoms with Crippen molar-refractivity contribution >= 4 is 35.4 Å². The average Bonchev–Trinajstić information content (AvgIpc) is 3.24. The topological polar surface area (TPSA) is 140 Å². The van der Waals surface area contributed by atoms with Crippen molar-refractivity contribution in [3.05, 3.63) is 47.5 Å². The molecule has 4 atom stereocenters. The molecule has 1 unspecified atom stereocenters. The van der Waals surface area contributed by atoms with Gasteiger partial charge in [-0.15, -0.1) is 0 Å². The number of ether oxygens (including phenoxy) is 2. The third kappa shape index (κ3) is 4.34. The van der Waals surface area contributed by atoms with E-state index in [9.17, 15) is 20.0 Å². The first-order valence-electron chi connectivity index (χ1n) is 12.3. The van der Waals surface area contributed by atoms with Gasteiger partial charge in [-0.3, -0.25) is 9.69 Å². The van der Waals surface area contributed by atoms with Crippen molar-refractivity contribution in [3.8, 4) is 11.8 Å². The van der Waals surface area contributed by atoms with Crippen LogP contribution in [0.3, 0.4) is 0 Å². The Balaban J connectivity index is 1.08. The minimum atomic E-state index is -0.761. The minimum Gasteiger partial charge on any atom is -0.480 e. The number of nitriles is 1. The fourth-order valence-corrected chi connectivity index (χ4v) is 5.47. The zero-order chi connectivity index (χ0) is 25.5. The molecule has 190 valence electrons. The largest absolute Gasteiger partial charge is 0.480 e. The first-order chi connectivity index (χ1) is 18.0. The summed E-state index contributed by atoms with van der Waals surface area (Å²) >= 11 is 0. The molecule has 2 fully saturated rings. The normalized spacial score (nSPS) is 25.8. The van der Waals surface area contributed by atoms with Crippen molar-refractivity contribution in [1.29, 1.82) is 5.26 Å². The molecule has 0 radical (unpaired) electrons. The number of hydrogen-bond donors (Lipinski definition) is 3. The molecule has 0 spiro atoms. The van der Waals surface area contributed by atoms with E-state index in [0.29, 0.717) is 42.5 Å². The van der Waals surface area contributed by atoms with Crippen molar-refractivity contribution in [2.75, 3.05) is 34.8 Å². The number of anilines is 3. The van der Waals surface area contributed by atoms with E-state index in [1.54, 1.807) is 35.2 Å². The Labute approximate surface area is 213 Å². The number of nitrogens with zero attached hydrogens (tertiary/aromatic N) is 4. The molecule has 2 aromatic rings. The highest BCUT2D eigenvalue weighted by molar-refractivity contribution is 5.95. The summed E-state index contributed by atoms with van der Waals surface area (Å²) in [6, 6.07) is 11.0. The first kappa shape index (κ1) is 23.3. The quantitative estimate of drug-likeness (QED) is 0.560. The van der Waals surface area contributed by atoms with E-state index in [4.69, 9.17) is 9.47 Å². The van der Waals surface area contributed by atoms with Gasteiger partial charge in [0, 0.05) is 31.2 Å². The van der Waals surface area contributed by atoms with E-state index in [1.807, 2.05) is 17.0 Å². The minimum absolute atomic E-state index is 0.0558. The number of carbonyl (C=O) groups excluding carboxylic acids is 2. The van der Waals surface area contributed by atoms with E-state index in [0.717, 1.165) is 24.1 Å². The van der Waals surface area contributed by atoms with Gasteiger partial charge in [-0.05, 0) is 48.7 Å². The van der Waals surface area contributed by atoms with E-state index >= 15 is 0 Å². The molecule has 1 aromatic heterocycles. The maximum Gasteiger partial charge on any atom is 0.416 e. The maximum absolute atomic E-state index is 12.8. The van der Waals surface area contributed by atoms with Gasteiger partial charge in [0.1, 0.15) is 18.1 Å². The number of aliphatic hydroxyl groups is 1. The van der Waals surface area contributed by atoms with Crippen LogP contribution >= 0.6 is 0 Å². The van der Waals surface area contributed by atoms with Gasteiger partial charge in [0.25, 0.3) is 5.91 Å². The molecule has 4 aliphatic rings. The van der Waals surface area contributed by atoms with Crippen molar-refractivity contribution in [2.45, 2.75) is 43.7 Å². The Morgan fingerprint density at radius 3 is 3.00 bits per heavy atom.